The molecule has 0 saturated heterocycles. The highest BCUT2D eigenvalue weighted by atomic mass is 19.1. The zero-order valence-electron chi connectivity index (χ0n) is 8.45. The van der Waals surface area contributed by atoms with Gasteiger partial charge in [0, 0.05) is 12.0 Å². The molecule has 0 bridgehead atoms. The minimum Gasteiger partial charge on any atom is -0.303 e. The summed E-state index contributed by atoms with van der Waals surface area (Å²) in [4.78, 5) is 10.5. The third kappa shape index (κ3) is 1.99. The first kappa shape index (κ1) is 10.1. The van der Waals surface area contributed by atoms with Crippen molar-refractivity contribution in [1.29, 1.82) is 0 Å². The van der Waals surface area contributed by atoms with Crippen LogP contribution in [0, 0.1) is 11.7 Å². The number of halogens is 1. The van der Waals surface area contributed by atoms with Crippen molar-refractivity contribution in [2.75, 3.05) is 0 Å². The lowest BCUT2D eigenvalue weighted by atomic mass is 9.92. The molecule has 0 heterocycles. The predicted molar refractivity (Wildman–Crippen MR) is 57.8 cm³/mol. The minimum atomic E-state index is -0.193. The molecule has 0 saturated carbocycles. The Morgan fingerprint density at radius 2 is 2.20 bits per heavy atom. The zero-order chi connectivity index (χ0) is 10.7. The van der Waals surface area contributed by atoms with Gasteiger partial charge in [0.25, 0.3) is 0 Å². The molecule has 0 aromatic heterocycles. The summed E-state index contributed by atoms with van der Waals surface area (Å²) in [7, 11) is 0. The SMILES string of the molecule is O=CC[C@@H]1CCC=C1c1ccccc1F. The zero-order valence-corrected chi connectivity index (χ0v) is 8.45. The largest absolute Gasteiger partial charge is 0.303 e. The lowest BCUT2D eigenvalue weighted by molar-refractivity contribution is -0.108. The molecule has 2 heteroatoms. The van der Waals surface area contributed by atoms with E-state index in [0.29, 0.717) is 12.0 Å². The van der Waals surface area contributed by atoms with Crippen LogP contribution in [-0.2, 0) is 4.79 Å². The molecular formula is C13H13FO. The van der Waals surface area contributed by atoms with Crippen molar-refractivity contribution in [1.82, 2.24) is 0 Å². The van der Waals surface area contributed by atoms with Gasteiger partial charge in [-0.1, -0.05) is 24.3 Å². The minimum absolute atomic E-state index is 0.193. The van der Waals surface area contributed by atoms with Crippen molar-refractivity contribution in [3.8, 4) is 0 Å². The third-order valence-electron chi connectivity index (χ3n) is 2.88. The molecule has 0 unspecified atom stereocenters. The quantitative estimate of drug-likeness (QED) is 0.691. The normalized spacial score (nSPS) is 20.1. The van der Waals surface area contributed by atoms with Crippen molar-refractivity contribution in [2.45, 2.75) is 19.3 Å². The van der Waals surface area contributed by atoms with Gasteiger partial charge in [0.1, 0.15) is 12.1 Å². The summed E-state index contributed by atoms with van der Waals surface area (Å²) in [6, 6.07) is 6.76. The van der Waals surface area contributed by atoms with Crippen LogP contribution in [0.25, 0.3) is 5.57 Å². The number of rotatable bonds is 3. The lowest BCUT2D eigenvalue weighted by Gasteiger charge is -2.12. The van der Waals surface area contributed by atoms with Crippen molar-refractivity contribution < 1.29 is 9.18 Å². The Morgan fingerprint density at radius 3 is 2.93 bits per heavy atom. The molecule has 0 N–H and O–H groups in total. The Hall–Kier alpha value is -1.44. The molecule has 0 fully saturated rings. The Labute approximate surface area is 88.6 Å². The number of carbonyl (C=O) groups excluding carboxylic acids is 1. The second-order valence-corrected chi connectivity index (χ2v) is 3.82. The predicted octanol–water partition coefficient (Wildman–Crippen LogP) is 3.21. The first-order valence-corrected chi connectivity index (χ1v) is 5.21. The summed E-state index contributed by atoms with van der Waals surface area (Å²) >= 11 is 0. The van der Waals surface area contributed by atoms with Crippen molar-refractivity contribution in [3.63, 3.8) is 0 Å². The van der Waals surface area contributed by atoms with Crippen LogP contribution in [0.1, 0.15) is 24.8 Å². The molecule has 1 aliphatic rings. The smallest absolute Gasteiger partial charge is 0.130 e. The maximum atomic E-state index is 13.5. The summed E-state index contributed by atoms with van der Waals surface area (Å²) in [5, 5.41) is 0. The standard InChI is InChI=1S/C13H13FO/c14-13-7-2-1-5-12(13)11-6-3-4-10(11)8-9-15/h1-2,5-7,9-10H,3-4,8H2/t10-/m0/s1. The Morgan fingerprint density at radius 1 is 1.40 bits per heavy atom. The van der Waals surface area contributed by atoms with Crippen LogP contribution in [0.5, 0.6) is 0 Å². The molecule has 0 spiro atoms. The van der Waals surface area contributed by atoms with Gasteiger partial charge >= 0.3 is 0 Å². The Balaban J connectivity index is 2.30. The number of aldehydes is 1. The van der Waals surface area contributed by atoms with Crippen LogP contribution < -0.4 is 0 Å². The van der Waals surface area contributed by atoms with Gasteiger partial charge in [0.05, 0.1) is 0 Å². The van der Waals surface area contributed by atoms with Gasteiger partial charge in [0.15, 0.2) is 0 Å². The molecule has 1 aromatic carbocycles. The van der Waals surface area contributed by atoms with Gasteiger partial charge < -0.3 is 4.79 Å². The summed E-state index contributed by atoms with van der Waals surface area (Å²) < 4.78 is 13.5. The molecule has 0 aliphatic heterocycles. The molecule has 2 rings (SSSR count). The third-order valence-corrected chi connectivity index (χ3v) is 2.88. The van der Waals surface area contributed by atoms with Crippen LogP contribution in [0.15, 0.2) is 30.3 Å². The molecule has 0 radical (unpaired) electrons. The Bertz CT molecular complexity index is 395. The van der Waals surface area contributed by atoms with Crippen molar-refractivity contribution in [3.05, 3.63) is 41.7 Å². The fourth-order valence-corrected chi connectivity index (χ4v) is 2.15. The van der Waals surface area contributed by atoms with Gasteiger partial charge in [0.2, 0.25) is 0 Å². The number of hydrogen-bond acceptors (Lipinski definition) is 1. The second-order valence-electron chi connectivity index (χ2n) is 3.82. The van der Waals surface area contributed by atoms with E-state index in [1.54, 1.807) is 12.1 Å². The first-order valence-electron chi connectivity index (χ1n) is 5.21. The van der Waals surface area contributed by atoms with Crippen molar-refractivity contribution >= 4 is 11.9 Å². The van der Waals surface area contributed by atoms with Gasteiger partial charge in [-0.2, -0.15) is 0 Å². The Kier molecular flexibility index (Phi) is 2.95. The molecule has 1 atom stereocenters. The molecule has 1 aliphatic carbocycles. The number of hydrogen-bond donors (Lipinski definition) is 0. The van der Waals surface area contributed by atoms with E-state index in [1.807, 2.05) is 12.1 Å². The van der Waals surface area contributed by atoms with E-state index in [4.69, 9.17) is 0 Å². The molecule has 1 nitrogen and oxygen atoms in total. The fourth-order valence-electron chi connectivity index (χ4n) is 2.15. The van der Waals surface area contributed by atoms with Crippen molar-refractivity contribution in [2.24, 2.45) is 5.92 Å². The van der Waals surface area contributed by atoms with Gasteiger partial charge in [-0.15, -0.1) is 0 Å². The van der Waals surface area contributed by atoms with E-state index in [-0.39, 0.29) is 11.7 Å². The maximum Gasteiger partial charge on any atom is 0.130 e. The van der Waals surface area contributed by atoms with E-state index in [1.165, 1.54) is 6.07 Å². The van der Waals surface area contributed by atoms with Crippen LogP contribution in [-0.4, -0.2) is 6.29 Å². The lowest BCUT2D eigenvalue weighted by Crippen LogP contribution is -2.01. The molecule has 78 valence electrons. The highest BCUT2D eigenvalue weighted by Crippen LogP contribution is 2.36. The number of benzene rings is 1. The summed E-state index contributed by atoms with van der Waals surface area (Å²) in [6.07, 6.45) is 5.38. The monoisotopic (exact) mass is 204 g/mol. The number of allylic oxidation sites excluding steroid dienone is 2. The molecule has 0 amide bonds. The van der Waals surface area contributed by atoms with E-state index in [0.717, 1.165) is 24.7 Å². The maximum absolute atomic E-state index is 13.5. The molecule has 15 heavy (non-hydrogen) atoms. The topological polar surface area (TPSA) is 17.1 Å². The fraction of sp³-hybridized carbons (Fsp3) is 0.308. The van der Waals surface area contributed by atoms with Gasteiger partial charge in [-0.25, -0.2) is 4.39 Å². The average molecular weight is 204 g/mol. The highest BCUT2D eigenvalue weighted by Gasteiger charge is 2.21. The van der Waals surface area contributed by atoms with Crippen LogP contribution in [0.2, 0.25) is 0 Å². The first-order chi connectivity index (χ1) is 7.33. The average Bonchev–Trinajstić information content (AvgIpc) is 2.67. The highest BCUT2D eigenvalue weighted by molar-refractivity contribution is 5.72. The van der Waals surface area contributed by atoms with E-state index < -0.39 is 0 Å². The van der Waals surface area contributed by atoms with E-state index in [9.17, 15) is 9.18 Å². The van der Waals surface area contributed by atoms with E-state index in [2.05, 4.69) is 0 Å². The van der Waals surface area contributed by atoms with Gasteiger partial charge in [-0.05, 0) is 30.4 Å². The van der Waals surface area contributed by atoms with Crippen LogP contribution in [0.3, 0.4) is 0 Å². The van der Waals surface area contributed by atoms with Crippen LogP contribution in [0.4, 0.5) is 4.39 Å². The molecular weight excluding hydrogens is 191 g/mol. The summed E-state index contributed by atoms with van der Waals surface area (Å²) in [6.45, 7) is 0. The van der Waals surface area contributed by atoms with Crippen LogP contribution >= 0.6 is 0 Å². The number of carbonyl (C=O) groups is 1. The summed E-state index contributed by atoms with van der Waals surface area (Å²) in [5.74, 6) is 0.0148. The van der Waals surface area contributed by atoms with Gasteiger partial charge in [-0.3, -0.25) is 0 Å². The summed E-state index contributed by atoms with van der Waals surface area (Å²) in [5.41, 5.74) is 1.65. The second kappa shape index (κ2) is 4.39. The van der Waals surface area contributed by atoms with E-state index >= 15 is 0 Å². The molecule has 1 aromatic rings.